The second-order valence-corrected chi connectivity index (χ2v) is 5.64. The normalized spacial score (nSPS) is 16.9. The zero-order valence-corrected chi connectivity index (χ0v) is 12.5. The molecule has 0 aliphatic carbocycles. The van der Waals surface area contributed by atoms with Crippen LogP contribution in [0.25, 0.3) is 0 Å². The average molecular weight is 297 g/mol. The second kappa shape index (κ2) is 6.95. The molecule has 1 fully saturated rings. The Morgan fingerprint density at radius 3 is 2.75 bits per heavy atom. The third kappa shape index (κ3) is 3.87. The molecule has 0 saturated carbocycles. The molecule has 0 aromatic heterocycles. The molecule has 1 saturated heterocycles. The van der Waals surface area contributed by atoms with Gasteiger partial charge < -0.3 is 15.4 Å². The Morgan fingerprint density at radius 1 is 1.40 bits per heavy atom. The lowest BCUT2D eigenvalue weighted by atomic mass is 10.1. The van der Waals surface area contributed by atoms with Gasteiger partial charge >= 0.3 is 0 Å². The van der Waals surface area contributed by atoms with E-state index in [1.165, 1.54) is 6.42 Å². The van der Waals surface area contributed by atoms with Gasteiger partial charge in [-0.25, -0.2) is 0 Å². The maximum absolute atomic E-state index is 12.1. The standard InChI is InChI=1S/C15H21ClN2O2/c1-11(17)13-9-12(16)5-6-14(13)20-10-15(19)18-7-3-2-4-8-18/h5-6,9,11H,2-4,7-8,10,17H2,1H3/t11-/m1/s1. The smallest absolute Gasteiger partial charge is 0.260 e. The third-order valence-corrected chi connectivity index (χ3v) is 3.76. The van der Waals surface area contributed by atoms with E-state index in [9.17, 15) is 4.79 Å². The van der Waals surface area contributed by atoms with Crippen molar-refractivity contribution < 1.29 is 9.53 Å². The molecule has 0 bridgehead atoms. The van der Waals surface area contributed by atoms with Gasteiger partial charge in [0.05, 0.1) is 0 Å². The van der Waals surface area contributed by atoms with Crippen LogP contribution in [-0.4, -0.2) is 30.5 Å². The summed E-state index contributed by atoms with van der Waals surface area (Å²) in [6.45, 7) is 3.60. The summed E-state index contributed by atoms with van der Waals surface area (Å²) in [6.07, 6.45) is 3.37. The van der Waals surface area contributed by atoms with Gasteiger partial charge in [0, 0.05) is 29.7 Å². The molecule has 1 aromatic carbocycles. The molecule has 2 N–H and O–H groups in total. The molecule has 1 amide bonds. The van der Waals surface area contributed by atoms with Crippen molar-refractivity contribution in [3.8, 4) is 5.75 Å². The maximum atomic E-state index is 12.1. The van der Waals surface area contributed by atoms with Gasteiger partial charge in [-0.05, 0) is 44.4 Å². The van der Waals surface area contributed by atoms with E-state index in [-0.39, 0.29) is 18.6 Å². The highest BCUT2D eigenvalue weighted by Gasteiger charge is 2.18. The minimum Gasteiger partial charge on any atom is -0.483 e. The first-order chi connectivity index (χ1) is 9.58. The van der Waals surface area contributed by atoms with Gasteiger partial charge in [0.2, 0.25) is 0 Å². The Hall–Kier alpha value is -1.26. The summed E-state index contributed by atoms with van der Waals surface area (Å²) in [5, 5.41) is 0.618. The zero-order valence-electron chi connectivity index (χ0n) is 11.8. The van der Waals surface area contributed by atoms with Gasteiger partial charge in [-0.1, -0.05) is 11.6 Å². The predicted molar refractivity (Wildman–Crippen MR) is 80.0 cm³/mol. The first kappa shape index (κ1) is 15.1. The highest BCUT2D eigenvalue weighted by atomic mass is 35.5. The Labute approximate surface area is 124 Å². The number of amides is 1. The fourth-order valence-electron chi connectivity index (χ4n) is 2.38. The fourth-order valence-corrected chi connectivity index (χ4v) is 2.56. The monoisotopic (exact) mass is 296 g/mol. The zero-order chi connectivity index (χ0) is 14.5. The number of hydrogen-bond acceptors (Lipinski definition) is 3. The Morgan fingerprint density at radius 2 is 2.10 bits per heavy atom. The van der Waals surface area contributed by atoms with Crippen LogP contribution in [0.3, 0.4) is 0 Å². The molecule has 0 spiro atoms. The summed E-state index contributed by atoms with van der Waals surface area (Å²) >= 11 is 5.96. The highest BCUT2D eigenvalue weighted by Crippen LogP contribution is 2.27. The van der Waals surface area contributed by atoms with Crippen molar-refractivity contribution in [3.05, 3.63) is 28.8 Å². The number of carbonyl (C=O) groups is 1. The van der Waals surface area contributed by atoms with Crippen molar-refractivity contribution in [2.24, 2.45) is 5.73 Å². The van der Waals surface area contributed by atoms with Gasteiger partial charge in [-0.3, -0.25) is 4.79 Å². The number of benzene rings is 1. The average Bonchev–Trinajstić information content (AvgIpc) is 2.46. The molecule has 1 aromatic rings. The van der Waals surface area contributed by atoms with E-state index in [1.54, 1.807) is 18.2 Å². The number of hydrogen-bond donors (Lipinski definition) is 1. The van der Waals surface area contributed by atoms with Gasteiger partial charge in [0.25, 0.3) is 5.91 Å². The van der Waals surface area contributed by atoms with E-state index in [2.05, 4.69) is 0 Å². The number of piperidine rings is 1. The maximum Gasteiger partial charge on any atom is 0.260 e. The molecule has 1 atom stereocenters. The molecule has 0 radical (unpaired) electrons. The fraction of sp³-hybridized carbons (Fsp3) is 0.533. The van der Waals surface area contributed by atoms with Crippen LogP contribution in [0.2, 0.25) is 5.02 Å². The molecule has 110 valence electrons. The number of halogens is 1. The number of carbonyl (C=O) groups excluding carboxylic acids is 1. The molecular formula is C15H21ClN2O2. The van der Waals surface area contributed by atoms with Crippen LogP contribution in [0.4, 0.5) is 0 Å². The van der Waals surface area contributed by atoms with Crippen LogP contribution in [0.5, 0.6) is 5.75 Å². The van der Waals surface area contributed by atoms with Crippen molar-refractivity contribution in [2.75, 3.05) is 19.7 Å². The van der Waals surface area contributed by atoms with Crippen LogP contribution in [-0.2, 0) is 4.79 Å². The van der Waals surface area contributed by atoms with E-state index in [1.807, 2.05) is 11.8 Å². The lowest BCUT2D eigenvalue weighted by molar-refractivity contribution is -0.134. The first-order valence-electron chi connectivity index (χ1n) is 7.03. The van der Waals surface area contributed by atoms with Crippen molar-refractivity contribution in [2.45, 2.75) is 32.2 Å². The van der Waals surface area contributed by atoms with Crippen LogP contribution in [0.15, 0.2) is 18.2 Å². The highest BCUT2D eigenvalue weighted by molar-refractivity contribution is 6.30. The van der Waals surface area contributed by atoms with Crippen LogP contribution >= 0.6 is 11.6 Å². The van der Waals surface area contributed by atoms with Gasteiger partial charge in [-0.15, -0.1) is 0 Å². The molecule has 1 aliphatic heterocycles. The Balaban J connectivity index is 1.98. The predicted octanol–water partition coefficient (Wildman–Crippen LogP) is 2.75. The Bertz CT molecular complexity index is 471. The van der Waals surface area contributed by atoms with Crippen molar-refractivity contribution in [1.29, 1.82) is 0 Å². The Kier molecular flexibility index (Phi) is 5.26. The van der Waals surface area contributed by atoms with Crippen molar-refractivity contribution in [1.82, 2.24) is 4.90 Å². The largest absolute Gasteiger partial charge is 0.483 e. The minimum atomic E-state index is -0.186. The van der Waals surface area contributed by atoms with E-state index in [0.717, 1.165) is 31.5 Å². The summed E-state index contributed by atoms with van der Waals surface area (Å²) in [6, 6.07) is 5.11. The van der Waals surface area contributed by atoms with Crippen molar-refractivity contribution >= 4 is 17.5 Å². The second-order valence-electron chi connectivity index (χ2n) is 5.20. The molecule has 5 heteroatoms. The summed E-state index contributed by atoms with van der Waals surface area (Å²) in [4.78, 5) is 13.9. The van der Waals surface area contributed by atoms with Gasteiger partial charge in [0.15, 0.2) is 6.61 Å². The van der Waals surface area contributed by atoms with E-state index in [4.69, 9.17) is 22.1 Å². The number of nitrogens with zero attached hydrogens (tertiary/aromatic N) is 1. The van der Waals surface area contributed by atoms with Gasteiger partial charge in [0.1, 0.15) is 5.75 Å². The number of rotatable bonds is 4. The lowest BCUT2D eigenvalue weighted by Crippen LogP contribution is -2.38. The lowest BCUT2D eigenvalue weighted by Gasteiger charge is -2.26. The molecule has 0 unspecified atom stereocenters. The summed E-state index contributed by atoms with van der Waals surface area (Å²) in [7, 11) is 0. The van der Waals surface area contributed by atoms with Crippen LogP contribution < -0.4 is 10.5 Å². The molecular weight excluding hydrogens is 276 g/mol. The summed E-state index contributed by atoms with van der Waals surface area (Å²) < 4.78 is 5.64. The van der Waals surface area contributed by atoms with Crippen molar-refractivity contribution in [3.63, 3.8) is 0 Å². The van der Waals surface area contributed by atoms with E-state index < -0.39 is 0 Å². The topological polar surface area (TPSA) is 55.6 Å². The quantitative estimate of drug-likeness (QED) is 0.929. The molecule has 1 heterocycles. The number of likely N-dealkylation sites (tertiary alicyclic amines) is 1. The summed E-state index contributed by atoms with van der Waals surface area (Å²) in [5.74, 6) is 0.671. The van der Waals surface area contributed by atoms with Crippen LogP contribution in [0.1, 0.15) is 37.8 Å². The SMILES string of the molecule is C[C@@H](N)c1cc(Cl)ccc1OCC(=O)N1CCCCC1. The molecule has 4 nitrogen and oxygen atoms in total. The molecule has 2 rings (SSSR count). The third-order valence-electron chi connectivity index (χ3n) is 3.52. The van der Waals surface area contributed by atoms with Crippen LogP contribution in [0, 0.1) is 0 Å². The number of ether oxygens (including phenoxy) is 1. The van der Waals surface area contributed by atoms with E-state index >= 15 is 0 Å². The molecule has 20 heavy (non-hydrogen) atoms. The number of nitrogens with two attached hydrogens (primary N) is 1. The molecule has 1 aliphatic rings. The minimum absolute atomic E-state index is 0.0373. The summed E-state index contributed by atoms with van der Waals surface area (Å²) in [5.41, 5.74) is 6.72. The van der Waals surface area contributed by atoms with E-state index in [0.29, 0.717) is 10.8 Å². The van der Waals surface area contributed by atoms with Gasteiger partial charge in [-0.2, -0.15) is 0 Å². The first-order valence-corrected chi connectivity index (χ1v) is 7.41.